The molecule has 1 aliphatic rings. The molecule has 0 saturated heterocycles. The average molecular weight is 249 g/mol. The normalized spacial score (nSPS) is 19.2. The van der Waals surface area contributed by atoms with E-state index >= 15 is 0 Å². The van der Waals surface area contributed by atoms with E-state index in [1.54, 1.807) is 4.90 Å². The van der Waals surface area contributed by atoms with Crippen LogP contribution in [0.3, 0.4) is 0 Å². The highest BCUT2D eigenvalue weighted by Gasteiger charge is 2.18. The molecule has 0 saturated carbocycles. The Morgan fingerprint density at radius 3 is 3.00 bits per heavy atom. The maximum atomic E-state index is 11.9. The van der Waals surface area contributed by atoms with Crippen molar-refractivity contribution in [3.63, 3.8) is 0 Å². The van der Waals surface area contributed by atoms with E-state index in [9.17, 15) is 4.79 Å². The van der Waals surface area contributed by atoms with Gasteiger partial charge < -0.3 is 15.2 Å². The summed E-state index contributed by atoms with van der Waals surface area (Å²) in [6.07, 6.45) is 8.71. The minimum absolute atomic E-state index is 0.141. The van der Waals surface area contributed by atoms with E-state index in [2.05, 4.69) is 12.4 Å². The summed E-state index contributed by atoms with van der Waals surface area (Å²) in [4.78, 5) is 13.6. The van der Waals surface area contributed by atoms with Gasteiger partial charge in [0.1, 0.15) is 6.54 Å². The van der Waals surface area contributed by atoms with Crippen LogP contribution in [0, 0.1) is 0 Å². The highest BCUT2D eigenvalue weighted by molar-refractivity contribution is 5.75. The molecular formula is C14H23N3O. The Morgan fingerprint density at radius 2 is 2.28 bits per heavy atom. The number of likely N-dealkylation sites (N-methyl/N-ethyl adjacent to an activating group) is 1. The molecule has 0 spiro atoms. The van der Waals surface area contributed by atoms with Gasteiger partial charge in [-0.05, 0) is 37.3 Å². The van der Waals surface area contributed by atoms with E-state index in [0.717, 1.165) is 19.4 Å². The third-order valence-electron chi connectivity index (χ3n) is 3.83. The van der Waals surface area contributed by atoms with Crippen LogP contribution in [0.5, 0.6) is 0 Å². The molecule has 0 radical (unpaired) electrons. The standard InChI is InChI=1S/C14H23N3O/c1-3-16(2)14(18)10-17-8-11-6-4-5-7-13(15)12(11)9-17/h8-9,13H,3-7,10,15H2,1-2H3. The van der Waals surface area contributed by atoms with Gasteiger partial charge in [-0.2, -0.15) is 0 Å². The molecular weight excluding hydrogens is 226 g/mol. The molecule has 2 rings (SSSR count). The van der Waals surface area contributed by atoms with Crippen molar-refractivity contribution in [2.24, 2.45) is 5.73 Å². The smallest absolute Gasteiger partial charge is 0.242 e. The molecule has 1 aromatic heterocycles. The molecule has 1 aromatic rings. The number of carbonyl (C=O) groups is 1. The topological polar surface area (TPSA) is 51.3 Å². The number of amides is 1. The second-order valence-electron chi connectivity index (χ2n) is 5.17. The number of nitrogens with two attached hydrogens (primary N) is 1. The molecule has 1 unspecified atom stereocenters. The lowest BCUT2D eigenvalue weighted by Crippen LogP contribution is -2.29. The first-order valence-corrected chi connectivity index (χ1v) is 6.80. The Hall–Kier alpha value is -1.29. The van der Waals surface area contributed by atoms with Crippen molar-refractivity contribution in [1.29, 1.82) is 0 Å². The molecule has 0 fully saturated rings. The quantitative estimate of drug-likeness (QED) is 0.829. The largest absolute Gasteiger partial charge is 0.344 e. The van der Waals surface area contributed by atoms with Crippen LogP contribution in [0.15, 0.2) is 12.4 Å². The summed E-state index contributed by atoms with van der Waals surface area (Å²) in [6.45, 7) is 3.15. The van der Waals surface area contributed by atoms with E-state index < -0.39 is 0 Å². The number of carbonyl (C=O) groups excluding carboxylic acids is 1. The molecule has 1 heterocycles. The maximum Gasteiger partial charge on any atom is 0.242 e. The van der Waals surface area contributed by atoms with Gasteiger partial charge in [-0.3, -0.25) is 4.79 Å². The third kappa shape index (κ3) is 2.75. The summed E-state index contributed by atoms with van der Waals surface area (Å²) in [5.41, 5.74) is 8.73. The fourth-order valence-corrected chi connectivity index (χ4v) is 2.50. The predicted molar refractivity (Wildman–Crippen MR) is 72.2 cm³/mol. The summed E-state index contributed by atoms with van der Waals surface area (Å²) in [6, 6.07) is 0.141. The van der Waals surface area contributed by atoms with Crippen molar-refractivity contribution in [3.8, 4) is 0 Å². The van der Waals surface area contributed by atoms with Gasteiger partial charge in [-0.25, -0.2) is 0 Å². The monoisotopic (exact) mass is 249 g/mol. The molecule has 100 valence electrons. The molecule has 0 aromatic carbocycles. The van der Waals surface area contributed by atoms with E-state index in [-0.39, 0.29) is 11.9 Å². The fraction of sp³-hybridized carbons (Fsp3) is 0.643. The Kier molecular flexibility index (Phi) is 4.07. The lowest BCUT2D eigenvalue weighted by molar-refractivity contribution is -0.130. The number of hydrogen-bond donors (Lipinski definition) is 1. The zero-order valence-electron chi connectivity index (χ0n) is 11.4. The molecule has 1 atom stereocenters. The number of fused-ring (bicyclic) bond motifs is 1. The Labute approximate surface area is 109 Å². The molecule has 1 aliphatic carbocycles. The van der Waals surface area contributed by atoms with Crippen molar-refractivity contribution < 1.29 is 4.79 Å². The second-order valence-corrected chi connectivity index (χ2v) is 5.17. The van der Waals surface area contributed by atoms with Gasteiger partial charge in [0.2, 0.25) is 5.91 Å². The SMILES string of the molecule is CCN(C)C(=O)Cn1cc2c(c1)C(N)CCCC2. The predicted octanol–water partition coefficient (Wildman–Crippen LogP) is 1.69. The first kappa shape index (κ1) is 13.1. The lowest BCUT2D eigenvalue weighted by Gasteiger charge is -2.14. The summed E-state index contributed by atoms with van der Waals surface area (Å²) in [7, 11) is 1.84. The van der Waals surface area contributed by atoms with Gasteiger partial charge in [0.25, 0.3) is 0 Å². The zero-order chi connectivity index (χ0) is 13.1. The molecule has 0 bridgehead atoms. The van der Waals surface area contributed by atoms with Crippen molar-refractivity contribution in [1.82, 2.24) is 9.47 Å². The fourth-order valence-electron chi connectivity index (χ4n) is 2.50. The molecule has 4 heteroatoms. The number of hydrogen-bond acceptors (Lipinski definition) is 2. The van der Waals surface area contributed by atoms with Crippen LogP contribution in [0.25, 0.3) is 0 Å². The average Bonchev–Trinajstić information content (AvgIpc) is 2.68. The maximum absolute atomic E-state index is 11.9. The summed E-state index contributed by atoms with van der Waals surface area (Å²) in [5.74, 6) is 0.149. The molecule has 4 nitrogen and oxygen atoms in total. The number of nitrogens with zero attached hydrogens (tertiary/aromatic N) is 2. The van der Waals surface area contributed by atoms with Gasteiger partial charge in [-0.15, -0.1) is 0 Å². The summed E-state index contributed by atoms with van der Waals surface area (Å²) >= 11 is 0. The number of rotatable bonds is 3. The molecule has 0 aliphatic heterocycles. The van der Waals surface area contributed by atoms with Crippen LogP contribution in [0.1, 0.15) is 43.4 Å². The van der Waals surface area contributed by atoms with E-state index in [4.69, 9.17) is 5.73 Å². The first-order chi connectivity index (χ1) is 8.61. The van der Waals surface area contributed by atoms with E-state index in [1.807, 2.05) is 18.5 Å². The minimum atomic E-state index is 0.141. The molecule has 1 amide bonds. The second kappa shape index (κ2) is 5.57. The van der Waals surface area contributed by atoms with Crippen LogP contribution in [0.2, 0.25) is 0 Å². The van der Waals surface area contributed by atoms with Gasteiger partial charge >= 0.3 is 0 Å². The van der Waals surface area contributed by atoms with Crippen molar-refractivity contribution in [3.05, 3.63) is 23.5 Å². The van der Waals surface area contributed by atoms with E-state index in [0.29, 0.717) is 6.54 Å². The van der Waals surface area contributed by atoms with E-state index in [1.165, 1.54) is 24.0 Å². The minimum Gasteiger partial charge on any atom is -0.344 e. The Balaban J connectivity index is 2.12. The van der Waals surface area contributed by atoms with Gasteiger partial charge in [0.05, 0.1) is 0 Å². The number of aryl methyl sites for hydroxylation is 1. The van der Waals surface area contributed by atoms with Crippen LogP contribution in [0.4, 0.5) is 0 Å². The summed E-state index contributed by atoms with van der Waals surface area (Å²) in [5, 5.41) is 0. The highest BCUT2D eigenvalue weighted by atomic mass is 16.2. The summed E-state index contributed by atoms with van der Waals surface area (Å²) < 4.78 is 1.99. The zero-order valence-corrected chi connectivity index (χ0v) is 11.4. The Morgan fingerprint density at radius 1 is 1.50 bits per heavy atom. The first-order valence-electron chi connectivity index (χ1n) is 6.80. The third-order valence-corrected chi connectivity index (χ3v) is 3.83. The lowest BCUT2D eigenvalue weighted by atomic mass is 10.1. The highest BCUT2D eigenvalue weighted by Crippen LogP contribution is 2.27. The van der Waals surface area contributed by atoms with Crippen LogP contribution < -0.4 is 5.73 Å². The van der Waals surface area contributed by atoms with Gasteiger partial charge in [0, 0.05) is 32.0 Å². The van der Waals surface area contributed by atoms with Crippen molar-refractivity contribution in [2.75, 3.05) is 13.6 Å². The van der Waals surface area contributed by atoms with Crippen LogP contribution in [-0.4, -0.2) is 29.0 Å². The van der Waals surface area contributed by atoms with Gasteiger partial charge in [0.15, 0.2) is 0 Å². The van der Waals surface area contributed by atoms with Gasteiger partial charge in [-0.1, -0.05) is 6.42 Å². The number of aromatic nitrogens is 1. The van der Waals surface area contributed by atoms with Crippen molar-refractivity contribution in [2.45, 2.75) is 45.2 Å². The van der Waals surface area contributed by atoms with Crippen LogP contribution in [-0.2, 0) is 17.8 Å². The Bertz CT molecular complexity index is 425. The molecule has 2 N–H and O–H groups in total. The van der Waals surface area contributed by atoms with Crippen molar-refractivity contribution >= 4 is 5.91 Å². The van der Waals surface area contributed by atoms with Crippen LogP contribution >= 0.6 is 0 Å². The molecule has 18 heavy (non-hydrogen) atoms.